The lowest BCUT2D eigenvalue weighted by atomic mass is 10.0. The minimum Gasteiger partial charge on any atom is -0.475 e. The lowest BCUT2D eigenvalue weighted by Crippen LogP contribution is -2.30. The van der Waals surface area contributed by atoms with Crippen LogP contribution in [0.15, 0.2) is 18.3 Å². The van der Waals surface area contributed by atoms with E-state index in [1.165, 1.54) is 25.8 Å². The number of rotatable bonds is 3. The van der Waals surface area contributed by atoms with Gasteiger partial charge in [0.1, 0.15) is 11.6 Å². The first-order valence-electron chi connectivity index (χ1n) is 6.12. The Hall–Kier alpha value is -0.800. The fourth-order valence-corrected chi connectivity index (χ4v) is 2.93. The molecule has 1 saturated heterocycles. The van der Waals surface area contributed by atoms with Crippen molar-refractivity contribution < 1.29 is 4.74 Å². The van der Waals surface area contributed by atoms with Gasteiger partial charge in [-0.3, -0.25) is 4.90 Å². The summed E-state index contributed by atoms with van der Waals surface area (Å²) in [6.07, 6.45) is 5.74. The third kappa shape index (κ3) is 2.26. The number of likely N-dealkylation sites (tertiary alicyclic amines) is 1. The fraction of sp³-hybridized carbons (Fsp3) is 0.615. The van der Waals surface area contributed by atoms with Crippen LogP contribution in [0.5, 0.6) is 5.88 Å². The number of hydrogen-bond donors (Lipinski definition) is 0. The second-order valence-corrected chi connectivity index (χ2v) is 5.78. The summed E-state index contributed by atoms with van der Waals surface area (Å²) in [5, 5.41) is 0.592. The van der Waals surface area contributed by atoms with E-state index in [1.54, 1.807) is 6.20 Å². The molecule has 1 aromatic heterocycles. The smallest absolute Gasteiger partial charge is 0.232 e. The Labute approximate surface area is 107 Å². The van der Waals surface area contributed by atoms with E-state index in [0.29, 0.717) is 29.0 Å². The number of hydrogen-bond acceptors (Lipinski definition) is 3. The van der Waals surface area contributed by atoms with Gasteiger partial charge in [-0.25, -0.2) is 4.98 Å². The third-order valence-corrected chi connectivity index (χ3v) is 4.26. The molecule has 2 fully saturated rings. The lowest BCUT2D eigenvalue weighted by molar-refractivity contribution is 0.193. The summed E-state index contributed by atoms with van der Waals surface area (Å²) in [5.41, 5.74) is 0.622. The normalized spacial score (nSPS) is 26.4. The van der Waals surface area contributed by atoms with E-state index in [1.807, 2.05) is 12.1 Å². The first kappa shape index (κ1) is 11.3. The highest BCUT2D eigenvalue weighted by molar-refractivity contribution is 6.31. The van der Waals surface area contributed by atoms with Crippen LogP contribution in [0.4, 0.5) is 0 Å². The van der Waals surface area contributed by atoms with Crippen LogP contribution in [-0.2, 0) is 0 Å². The van der Waals surface area contributed by atoms with Crippen LogP contribution in [0, 0.1) is 5.41 Å². The minimum atomic E-state index is 0.510. The Morgan fingerprint density at radius 2 is 2.41 bits per heavy atom. The van der Waals surface area contributed by atoms with Gasteiger partial charge in [0.25, 0.3) is 0 Å². The predicted molar refractivity (Wildman–Crippen MR) is 67.4 cm³/mol. The van der Waals surface area contributed by atoms with E-state index >= 15 is 0 Å². The molecule has 1 atom stereocenters. The molecule has 92 valence electrons. The predicted octanol–water partition coefficient (Wildman–Crippen LogP) is 2.60. The Kier molecular flexibility index (Phi) is 2.75. The van der Waals surface area contributed by atoms with E-state index in [4.69, 9.17) is 16.3 Å². The first-order chi connectivity index (χ1) is 8.19. The number of halogens is 1. The average molecular weight is 253 g/mol. The minimum absolute atomic E-state index is 0.510. The molecule has 1 saturated carbocycles. The van der Waals surface area contributed by atoms with Crippen molar-refractivity contribution >= 4 is 11.6 Å². The van der Waals surface area contributed by atoms with Gasteiger partial charge in [-0.05, 0) is 43.9 Å². The molecule has 0 N–H and O–H groups in total. The molecule has 1 aromatic rings. The highest BCUT2D eigenvalue weighted by Crippen LogP contribution is 2.54. The van der Waals surface area contributed by atoms with Crippen molar-refractivity contribution in [1.82, 2.24) is 9.88 Å². The van der Waals surface area contributed by atoms with Crippen molar-refractivity contribution in [3.63, 3.8) is 0 Å². The summed E-state index contributed by atoms with van der Waals surface area (Å²) >= 11 is 6.01. The molecule has 1 spiro atoms. The van der Waals surface area contributed by atoms with E-state index in [2.05, 4.69) is 16.9 Å². The van der Waals surface area contributed by atoms with Crippen LogP contribution in [-0.4, -0.2) is 36.1 Å². The lowest BCUT2D eigenvalue weighted by Gasteiger charge is -2.19. The van der Waals surface area contributed by atoms with Crippen molar-refractivity contribution in [2.75, 3.05) is 20.2 Å². The molecular weight excluding hydrogens is 236 g/mol. The zero-order chi connectivity index (χ0) is 11.9. The molecule has 3 rings (SSSR count). The molecule has 1 aliphatic carbocycles. The maximum atomic E-state index is 6.01. The van der Waals surface area contributed by atoms with Crippen LogP contribution in [0.1, 0.15) is 19.3 Å². The van der Waals surface area contributed by atoms with Gasteiger partial charge in [0, 0.05) is 18.8 Å². The molecule has 3 nitrogen and oxygen atoms in total. The number of likely N-dealkylation sites (N-methyl/N-ethyl adjacent to an activating group) is 1. The number of ether oxygens (including phenoxy) is 1. The van der Waals surface area contributed by atoms with Crippen molar-refractivity contribution in [1.29, 1.82) is 0 Å². The zero-order valence-corrected chi connectivity index (χ0v) is 10.8. The van der Waals surface area contributed by atoms with Crippen molar-refractivity contribution in [3.05, 3.63) is 23.4 Å². The summed E-state index contributed by atoms with van der Waals surface area (Å²) in [7, 11) is 2.18. The van der Waals surface area contributed by atoms with Crippen molar-refractivity contribution in [2.45, 2.75) is 25.3 Å². The summed E-state index contributed by atoms with van der Waals surface area (Å²) in [4.78, 5) is 6.55. The Bertz CT molecular complexity index is 420. The SMILES string of the molecule is CN1CC2(CC2)CC1COc1ncccc1Cl. The van der Waals surface area contributed by atoms with Gasteiger partial charge in [-0.15, -0.1) is 0 Å². The van der Waals surface area contributed by atoms with E-state index in [9.17, 15) is 0 Å². The maximum Gasteiger partial charge on any atom is 0.232 e. The van der Waals surface area contributed by atoms with Gasteiger partial charge in [-0.2, -0.15) is 0 Å². The second-order valence-electron chi connectivity index (χ2n) is 5.37. The third-order valence-electron chi connectivity index (χ3n) is 3.97. The molecule has 2 heterocycles. The van der Waals surface area contributed by atoms with Gasteiger partial charge in [-0.1, -0.05) is 11.6 Å². The Morgan fingerprint density at radius 3 is 3.06 bits per heavy atom. The molecule has 0 radical (unpaired) electrons. The van der Waals surface area contributed by atoms with E-state index in [0.717, 1.165) is 0 Å². The number of nitrogens with zero attached hydrogens (tertiary/aromatic N) is 2. The molecule has 0 bridgehead atoms. The topological polar surface area (TPSA) is 25.4 Å². The summed E-state index contributed by atoms with van der Waals surface area (Å²) in [6.45, 7) is 1.91. The van der Waals surface area contributed by atoms with Gasteiger partial charge >= 0.3 is 0 Å². The highest BCUT2D eigenvalue weighted by atomic mass is 35.5. The molecule has 17 heavy (non-hydrogen) atoms. The molecule has 2 aliphatic rings. The quantitative estimate of drug-likeness (QED) is 0.827. The first-order valence-corrected chi connectivity index (χ1v) is 6.50. The Balaban J connectivity index is 1.60. The molecule has 0 amide bonds. The van der Waals surface area contributed by atoms with Gasteiger partial charge < -0.3 is 4.74 Å². The summed E-state index contributed by atoms with van der Waals surface area (Å²) in [6, 6.07) is 4.14. The van der Waals surface area contributed by atoms with E-state index in [-0.39, 0.29) is 0 Å². The average Bonchev–Trinajstić information content (AvgIpc) is 2.97. The molecule has 1 unspecified atom stereocenters. The van der Waals surface area contributed by atoms with Gasteiger partial charge in [0.2, 0.25) is 5.88 Å². The van der Waals surface area contributed by atoms with Crippen LogP contribution in [0.25, 0.3) is 0 Å². The van der Waals surface area contributed by atoms with Crippen LogP contribution < -0.4 is 4.74 Å². The van der Waals surface area contributed by atoms with Crippen LogP contribution in [0.3, 0.4) is 0 Å². The van der Waals surface area contributed by atoms with Crippen LogP contribution in [0.2, 0.25) is 5.02 Å². The monoisotopic (exact) mass is 252 g/mol. The summed E-state index contributed by atoms with van der Waals surface area (Å²) < 4.78 is 5.73. The molecule has 4 heteroatoms. The largest absolute Gasteiger partial charge is 0.475 e. The van der Waals surface area contributed by atoms with Crippen LogP contribution >= 0.6 is 11.6 Å². The summed E-state index contributed by atoms with van der Waals surface area (Å²) in [5.74, 6) is 0.555. The second kappa shape index (κ2) is 4.14. The highest BCUT2D eigenvalue weighted by Gasteiger charge is 2.50. The maximum absolute atomic E-state index is 6.01. The molecular formula is C13H17ClN2O. The van der Waals surface area contributed by atoms with Gasteiger partial charge in [0.05, 0.1) is 0 Å². The fourth-order valence-electron chi connectivity index (χ4n) is 2.76. The zero-order valence-electron chi connectivity index (χ0n) is 10.0. The molecule has 0 aromatic carbocycles. The van der Waals surface area contributed by atoms with Crippen molar-refractivity contribution in [2.24, 2.45) is 5.41 Å². The standard InChI is InChI=1S/C13H17ClN2O/c1-16-9-13(4-5-13)7-10(16)8-17-12-11(14)3-2-6-15-12/h2-3,6,10H,4-5,7-9H2,1H3. The van der Waals surface area contributed by atoms with Gasteiger partial charge in [0.15, 0.2) is 0 Å². The number of pyridine rings is 1. The molecule has 1 aliphatic heterocycles. The van der Waals surface area contributed by atoms with E-state index < -0.39 is 0 Å². The Morgan fingerprint density at radius 1 is 1.59 bits per heavy atom. The van der Waals surface area contributed by atoms with Crippen molar-refractivity contribution in [3.8, 4) is 5.88 Å². The number of aromatic nitrogens is 1.